The van der Waals surface area contributed by atoms with Crippen molar-refractivity contribution in [1.29, 1.82) is 0 Å². The molecule has 1 atom stereocenters. The van der Waals surface area contributed by atoms with Gasteiger partial charge in [0.25, 0.3) is 0 Å². The highest BCUT2D eigenvalue weighted by Gasteiger charge is 2.05. The van der Waals surface area contributed by atoms with Gasteiger partial charge in [0.1, 0.15) is 0 Å². The molecule has 17 heavy (non-hydrogen) atoms. The highest BCUT2D eigenvalue weighted by molar-refractivity contribution is 5.75. The lowest BCUT2D eigenvalue weighted by Gasteiger charge is -2.13. The smallest absolute Gasteiger partial charge is 0.219 e. The van der Waals surface area contributed by atoms with Gasteiger partial charge in [0.15, 0.2) is 0 Å². The molecule has 0 saturated carbocycles. The highest BCUT2D eigenvalue weighted by Crippen LogP contribution is 2.09. The lowest BCUT2D eigenvalue weighted by molar-refractivity contribution is -0.121. The van der Waals surface area contributed by atoms with E-state index in [4.69, 9.17) is 0 Å². The first kappa shape index (κ1) is 18.1. The Labute approximate surface area is 106 Å². The normalized spacial score (nSPS) is 12.1. The van der Waals surface area contributed by atoms with Crippen LogP contribution in [0.3, 0.4) is 0 Å². The summed E-state index contributed by atoms with van der Waals surface area (Å²) in [7, 11) is 0. The number of carbonyl (C=O) groups is 1. The molecule has 0 aliphatic rings. The largest absolute Gasteiger partial charge is 0.354 e. The predicted octanol–water partition coefficient (Wildman–Crippen LogP) is 4.01. The van der Waals surface area contributed by atoms with Crippen molar-refractivity contribution in [3.05, 3.63) is 37.5 Å². The van der Waals surface area contributed by atoms with E-state index in [0.29, 0.717) is 6.42 Å². The third-order valence-corrected chi connectivity index (χ3v) is 2.32. The van der Waals surface area contributed by atoms with E-state index in [1.54, 1.807) is 0 Å². The van der Waals surface area contributed by atoms with Gasteiger partial charge >= 0.3 is 0 Å². The Morgan fingerprint density at radius 3 is 2.35 bits per heavy atom. The Kier molecular flexibility index (Phi) is 13.6. The number of rotatable bonds is 7. The van der Waals surface area contributed by atoms with Gasteiger partial charge in [-0.1, -0.05) is 38.2 Å². The molecule has 1 N–H and O–H groups in total. The maximum atomic E-state index is 11.1. The lowest BCUT2D eigenvalue weighted by Crippen LogP contribution is -2.31. The van der Waals surface area contributed by atoms with E-state index >= 15 is 0 Å². The van der Waals surface area contributed by atoms with E-state index in [9.17, 15) is 4.79 Å². The molecule has 0 spiro atoms. The minimum Gasteiger partial charge on any atom is -0.354 e. The van der Waals surface area contributed by atoms with Crippen molar-refractivity contribution in [2.45, 2.75) is 52.5 Å². The molecule has 0 aliphatic carbocycles. The maximum absolute atomic E-state index is 11.1. The van der Waals surface area contributed by atoms with Crippen LogP contribution in [0.1, 0.15) is 46.5 Å². The highest BCUT2D eigenvalue weighted by atomic mass is 16.1. The quantitative estimate of drug-likeness (QED) is 0.526. The molecule has 2 nitrogen and oxygen atoms in total. The average molecular weight is 237 g/mol. The molecule has 0 radical (unpaired) electrons. The fourth-order valence-electron chi connectivity index (χ4n) is 1.38. The summed E-state index contributed by atoms with van der Waals surface area (Å²) in [5, 5.41) is 2.95. The van der Waals surface area contributed by atoms with Crippen molar-refractivity contribution in [3.8, 4) is 0 Å². The lowest BCUT2D eigenvalue weighted by atomic mass is 10.1. The van der Waals surface area contributed by atoms with E-state index in [0.717, 1.165) is 19.3 Å². The Morgan fingerprint density at radius 2 is 1.94 bits per heavy atom. The van der Waals surface area contributed by atoms with Crippen LogP contribution in [0.25, 0.3) is 0 Å². The second kappa shape index (κ2) is 12.8. The summed E-state index contributed by atoms with van der Waals surface area (Å²) < 4.78 is 0. The van der Waals surface area contributed by atoms with Crippen LogP contribution in [0.2, 0.25) is 0 Å². The van der Waals surface area contributed by atoms with Gasteiger partial charge in [-0.25, -0.2) is 0 Å². The molecule has 98 valence electrons. The zero-order valence-electron chi connectivity index (χ0n) is 11.6. The molecule has 0 rings (SSSR count). The maximum Gasteiger partial charge on any atom is 0.219 e. The van der Waals surface area contributed by atoms with Crippen LogP contribution in [0.15, 0.2) is 37.5 Å². The van der Waals surface area contributed by atoms with Crippen LogP contribution in [-0.2, 0) is 4.79 Å². The Bertz CT molecular complexity index is 243. The fraction of sp³-hybridized carbons (Fsp3) is 0.533. The number of allylic oxidation sites excluding steroid dienone is 3. The molecule has 0 aromatic carbocycles. The van der Waals surface area contributed by atoms with Crippen LogP contribution < -0.4 is 5.32 Å². The second-order valence-electron chi connectivity index (χ2n) is 3.75. The monoisotopic (exact) mass is 237 g/mol. The van der Waals surface area contributed by atoms with E-state index in [-0.39, 0.29) is 11.9 Å². The summed E-state index contributed by atoms with van der Waals surface area (Å²) >= 11 is 0. The Morgan fingerprint density at radius 1 is 1.35 bits per heavy atom. The van der Waals surface area contributed by atoms with E-state index in [1.807, 2.05) is 19.9 Å². The van der Waals surface area contributed by atoms with Gasteiger partial charge in [0.05, 0.1) is 0 Å². The van der Waals surface area contributed by atoms with Crippen molar-refractivity contribution in [2.75, 3.05) is 0 Å². The van der Waals surface area contributed by atoms with E-state index < -0.39 is 0 Å². The Hall–Kier alpha value is -1.31. The molecular weight excluding hydrogens is 210 g/mol. The van der Waals surface area contributed by atoms with Gasteiger partial charge < -0.3 is 5.32 Å². The molecule has 0 aromatic rings. The molecule has 2 heteroatoms. The first-order valence-electron chi connectivity index (χ1n) is 6.24. The number of hydrogen-bond acceptors (Lipinski definition) is 1. The van der Waals surface area contributed by atoms with Gasteiger partial charge in [0.2, 0.25) is 5.91 Å². The molecule has 0 saturated heterocycles. The van der Waals surface area contributed by atoms with Crippen molar-refractivity contribution in [3.63, 3.8) is 0 Å². The molecule has 0 aliphatic heterocycles. The topological polar surface area (TPSA) is 29.1 Å². The van der Waals surface area contributed by atoms with Gasteiger partial charge in [-0.15, -0.1) is 13.2 Å². The van der Waals surface area contributed by atoms with Crippen LogP contribution in [0.5, 0.6) is 0 Å². The van der Waals surface area contributed by atoms with Gasteiger partial charge in [-0.2, -0.15) is 0 Å². The third kappa shape index (κ3) is 11.0. The SMILES string of the molecule is C=C.C=C/C(=C\CC)CCC(C)NC(=O)CC. The number of amides is 1. The molecule has 1 amide bonds. The number of hydrogen-bond donors (Lipinski definition) is 1. The summed E-state index contributed by atoms with van der Waals surface area (Å²) in [6.07, 6.45) is 7.64. The molecular formula is C15H27NO. The van der Waals surface area contributed by atoms with Gasteiger partial charge in [-0.3, -0.25) is 4.79 Å². The molecule has 1 unspecified atom stereocenters. The first-order chi connectivity index (χ1) is 8.13. The number of nitrogens with one attached hydrogen (secondary N) is 1. The van der Waals surface area contributed by atoms with Gasteiger partial charge in [0, 0.05) is 12.5 Å². The molecule has 0 aromatic heterocycles. The summed E-state index contributed by atoms with van der Waals surface area (Å²) in [5.74, 6) is 0.127. The summed E-state index contributed by atoms with van der Waals surface area (Å²) in [6.45, 7) is 15.8. The van der Waals surface area contributed by atoms with Crippen LogP contribution in [-0.4, -0.2) is 11.9 Å². The molecule has 0 fully saturated rings. The minimum absolute atomic E-state index is 0.127. The van der Waals surface area contributed by atoms with Crippen molar-refractivity contribution >= 4 is 5.91 Å². The number of carbonyl (C=O) groups excluding carboxylic acids is 1. The minimum atomic E-state index is 0.127. The molecule has 0 bridgehead atoms. The summed E-state index contributed by atoms with van der Waals surface area (Å²) in [4.78, 5) is 11.1. The first-order valence-corrected chi connectivity index (χ1v) is 6.24. The van der Waals surface area contributed by atoms with Crippen LogP contribution in [0.4, 0.5) is 0 Å². The van der Waals surface area contributed by atoms with Crippen molar-refractivity contribution in [2.24, 2.45) is 0 Å². The second-order valence-corrected chi connectivity index (χ2v) is 3.75. The van der Waals surface area contributed by atoms with Crippen molar-refractivity contribution < 1.29 is 4.79 Å². The average Bonchev–Trinajstić information content (AvgIpc) is 2.36. The Balaban J connectivity index is 0. The fourth-order valence-corrected chi connectivity index (χ4v) is 1.38. The zero-order chi connectivity index (χ0) is 13.7. The van der Waals surface area contributed by atoms with E-state index in [1.165, 1.54) is 5.57 Å². The van der Waals surface area contributed by atoms with Crippen LogP contribution >= 0.6 is 0 Å². The van der Waals surface area contributed by atoms with E-state index in [2.05, 4.69) is 38.1 Å². The predicted molar refractivity (Wildman–Crippen MR) is 77.0 cm³/mol. The van der Waals surface area contributed by atoms with Gasteiger partial charge in [-0.05, 0) is 26.2 Å². The third-order valence-electron chi connectivity index (χ3n) is 2.32. The summed E-state index contributed by atoms with van der Waals surface area (Å²) in [5.41, 5.74) is 1.27. The summed E-state index contributed by atoms with van der Waals surface area (Å²) in [6, 6.07) is 0.248. The van der Waals surface area contributed by atoms with Crippen molar-refractivity contribution in [1.82, 2.24) is 5.32 Å². The standard InChI is InChI=1S/C13H23NO.C2H4/c1-5-8-12(6-2)10-9-11(4)14-13(15)7-3;1-2/h6,8,11H,2,5,7,9-10H2,1,3-4H3,(H,14,15);1-2H2/b12-8+;. The zero-order valence-corrected chi connectivity index (χ0v) is 11.6. The van der Waals surface area contributed by atoms with Crippen LogP contribution in [0, 0.1) is 0 Å². The molecule has 0 heterocycles.